The molecule has 0 bridgehead atoms. The average Bonchev–Trinajstić information content (AvgIpc) is 2.32. The standard InChI is InChI=1S/C9H10Cl2N4O2/c10-6-3-5(4-13-9(6)11)8(17)7(16)1-2-14-15-12/h3-4,7-8,16-17H,1-2H2. The molecule has 0 saturated heterocycles. The fourth-order valence-corrected chi connectivity index (χ4v) is 1.49. The normalized spacial score (nSPS) is 13.9. The Bertz CT molecular complexity index is 437. The van der Waals surface area contributed by atoms with Gasteiger partial charge in [-0.05, 0) is 18.0 Å². The van der Waals surface area contributed by atoms with E-state index in [1.165, 1.54) is 12.3 Å². The van der Waals surface area contributed by atoms with E-state index in [1.54, 1.807) is 0 Å². The molecule has 8 heteroatoms. The second-order valence-electron chi connectivity index (χ2n) is 3.30. The minimum atomic E-state index is -1.15. The molecule has 17 heavy (non-hydrogen) atoms. The van der Waals surface area contributed by atoms with Gasteiger partial charge in [0, 0.05) is 23.2 Å². The first-order chi connectivity index (χ1) is 8.06. The number of hydrogen-bond donors (Lipinski definition) is 2. The van der Waals surface area contributed by atoms with E-state index in [1.807, 2.05) is 0 Å². The van der Waals surface area contributed by atoms with Gasteiger partial charge < -0.3 is 10.2 Å². The zero-order valence-corrected chi connectivity index (χ0v) is 10.2. The van der Waals surface area contributed by atoms with Crippen LogP contribution in [0.3, 0.4) is 0 Å². The molecule has 0 amide bonds. The predicted molar refractivity (Wildman–Crippen MR) is 63.9 cm³/mol. The lowest BCUT2D eigenvalue weighted by Gasteiger charge is -2.17. The first-order valence-electron chi connectivity index (χ1n) is 4.74. The number of aliphatic hydroxyl groups is 2. The van der Waals surface area contributed by atoms with E-state index in [0.29, 0.717) is 5.56 Å². The smallest absolute Gasteiger partial charge is 0.147 e. The maximum absolute atomic E-state index is 9.78. The summed E-state index contributed by atoms with van der Waals surface area (Å²) >= 11 is 11.4. The Labute approximate surface area is 107 Å². The molecule has 1 aromatic heterocycles. The zero-order chi connectivity index (χ0) is 12.8. The first kappa shape index (κ1) is 14.0. The molecule has 0 aliphatic carbocycles. The molecule has 2 unspecified atom stereocenters. The van der Waals surface area contributed by atoms with Gasteiger partial charge in [-0.3, -0.25) is 0 Å². The molecule has 0 aliphatic heterocycles. The molecule has 0 aliphatic rings. The van der Waals surface area contributed by atoms with E-state index in [-0.39, 0.29) is 23.1 Å². The summed E-state index contributed by atoms with van der Waals surface area (Å²) in [6.07, 6.45) is -0.730. The summed E-state index contributed by atoms with van der Waals surface area (Å²) in [5.41, 5.74) is 8.43. The van der Waals surface area contributed by atoms with Gasteiger partial charge in [0.15, 0.2) is 0 Å². The van der Waals surface area contributed by atoms with Crippen LogP contribution >= 0.6 is 23.2 Å². The van der Waals surface area contributed by atoms with Gasteiger partial charge in [0.05, 0.1) is 11.1 Å². The van der Waals surface area contributed by atoms with Crippen LogP contribution in [0, 0.1) is 0 Å². The molecular formula is C9H10Cl2N4O2. The highest BCUT2D eigenvalue weighted by molar-refractivity contribution is 6.41. The van der Waals surface area contributed by atoms with E-state index in [4.69, 9.17) is 28.7 Å². The minimum Gasteiger partial charge on any atom is -0.390 e. The Balaban J connectivity index is 2.70. The summed E-state index contributed by atoms with van der Waals surface area (Å²) in [6, 6.07) is 1.43. The summed E-state index contributed by atoms with van der Waals surface area (Å²) in [4.78, 5) is 6.31. The molecule has 92 valence electrons. The minimum absolute atomic E-state index is 0.101. The molecule has 1 heterocycles. The van der Waals surface area contributed by atoms with Crippen molar-refractivity contribution in [3.8, 4) is 0 Å². The SMILES string of the molecule is [N-]=[N+]=NCCC(O)C(O)c1cnc(Cl)c(Cl)c1. The molecule has 0 fully saturated rings. The van der Waals surface area contributed by atoms with Crippen LogP contribution in [-0.2, 0) is 0 Å². The molecule has 2 atom stereocenters. The number of aromatic nitrogens is 1. The molecule has 1 rings (SSSR count). The Kier molecular flexibility index (Phi) is 5.47. The third-order valence-electron chi connectivity index (χ3n) is 2.11. The summed E-state index contributed by atoms with van der Waals surface area (Å²) < 4.78 is 0. The third-order valence-corrected chi connectivity index (χ3v) is 2.80. The van der Waals surface area contributed by atoms with Crippen LogP contribution in [0.25, 0.3) is 10.4 Å². The van der Waals surface area contributed by atoms with Crippen LogP contribution in [-0.4, -0.2) is 27.8 Å². The van der Waals surface area contributed by atoms with Gasteiger partial charge in [0.2, 0.25) is 0 Å². The predicted octanol–water partition coefficient (Wildman–Crippen LogP) is 2.48. The highest BCUT2D eigenvalue weighted by atomic mass is 35.5. The fraction of sp³-hybridized carbons (Fsp3) is 0.444. The van der Waals surface area contributed by atoms with Crippen LogP contribution in [0.1, 0.15) is 18.1 Å². The zero-order valence-electron chi connectivity index (χ0n) is 8.66. The quantitative estimate of drug-likeness (QED) is 0.374. The van der Waals surface area contributed by atoms with Crippen molar-refractivity contribution in [1.82, 2.24) is 4.98 Å². The average molecular weight is 277 g/mol. The van der Waals surface area contributed by atoms with Crippen molar-refractivity contribution in [2.45, 2.75) is 18.6 Å². The van der Waals surface area contributed by atoms with Crippen molar-refractivity contribution in [2.75, 3.05) is 6.54 Å². The molecule has 1 aromatic rings. The highest BCUT2D eigenvalue weighted by Crippen LogP contribution is 2.25. The fourth-order valence-electron chi connectivity index (χ4n) is 1.21. The van der Waals surface area contributed by atoms with E-state index >= 15 is 0 Å². The van der Waals surface area contributed by atoms with Gasteiger partial charge in [-0.25, -0.2) is 4.98 Å². The van der Waals surface area contributed by atoms with Gasteiger partial charge in [-0.1, -0.05) is 28.3 Å². The van der Waals surface area contributed by atoms with Crippen LogP contribution in [0.4, 0.5) is 0 Å². The number of hydrogen-bond acceptors (Lipinski definition) is 4. The molecule has 6 nitrogen and oxygen atoms in total. The van der Waals surface area contributed by atoms with E-state index in [2.05, 4.69) is 15.0 Å². The maximum Gasteiger partial charge on any atom is 0.147 e. The van der Waals surface area contributed by atoms with Crippen molar-refractivity contribution in [3.63, 3.8) is 0 Å². The number of rotatable bonds is 5. The summed E-state index contributed by atoms with van der Waals surface area (Å²) in [7, 11) is 0. The molecule has 0 radical (unpaired) electrons. The van der Waals surface area contributed by atoms with E-state index < -0.39 is 12.2 Å². The number of pyridine rings is 1. The van der Waals surface area contributed by atoms with Crippen molar-refractivity contribution < 1.29 is 10.2 Å². The second kappa shape index (κ2) is 6.64. The second-order valence-corrected chi connectivity index (χ2v) is 4.06. The van der Waals surface area contributed by atoms with Crippen molar-refractivity contribution >= 4 is 23.2 Å². The van der Waals surface area contributed by atoms with Gasteiger partial charge in [0.25, 0.3) is 0 Å². The number of halogens is 2. The molecule has 0 spiro atoms. The number of aliphatic hydroxyl groups excluding tert-OH is 2. The lowest BCUT2D eigenvalue weighted by molar-refractivity contribution is 0.0148. The summed E-state index contributed by atoms with van der Waals surface area (Å²) in [6.45, 7) is 0.101. The van der Waals surface area contributed by atoms with Crippen LogP contribution in [0.15, 0.2) is 17.4 Å². The van der Waals surface area contributed by atoms with E-state index in [0.717, 1.165) is 0 Å². The van der Waals surface area contributed by atoms with Crippen molar-refractivity contribution in [2.24, 2.45) is 5.11 Å². The summed E-state index contributed by atoms with van der Waals surface area (Å²) in [5, 5.41) is 23.0. The monoisotopic (exact) mass is 276 g/mol. The lowest BCUT2D eigenvalue weighted by atomic mass is 10.0. The Morgan fingerprint density at radius 2 is 2.18 bits per heavy atom. The molecule has 2 N–H and O–H groups in total. The number of azide groups is 1. The third kappa shape index (κ3) is 4.03. The molecule has 0 aromatic carbocycles. The highest BCUT2D eigenvalue weighted by Gasteiger charge is 2.19. The van der Waals surface area contributed by atoms with Crippen LogP contribution < -0.4 is 0 Å². The van der Waals surface area contributed by atoms with Gasteiger partial charge >= 0.3 is 0 Å². The Hall–Kier alpha value is -1.04. The molecule has 0 saturated carbocycles. The Morgan fingerprint density at radius 1 is 1.47 bits per heavy atom. The lowest BCUT2D eigenvalue weighted by Crippen LogP contribution is -2.19. The van der Waals surface area contributed by atoms with Gasteiger partial charge in [0.1, 0.15) is 11.3 Å². The van der Waals surface area contributed by atoms with Gasteiger partial charge in [-0.15, -0.1) is 0 Å². The maximum atomic E-state index is 9.78. The van der Waals surface area contributed by atoms with Crippen molar-refractivity contribution in [3.05, 3.63) is 38.4 Å². The van der Waals surface area contributed by atoms with Gasteiger partial charge in [-0.2, -0.15) is 0 Å². The first-order valence-corrected chi connectivity index (χ1v) is 5.49. The number of nitrogens with zero attached hydrogens (tertiary/aromatic N) is 4. The van der Waals surface area contributed by atoms with Crippen LogP contribution in [0.5, 0.6) is 0 Å². The molecular weight excluding hydrogens is 267 g/mol. The van der Waals surface area contributed by atoms with Crippen LogP contribution in [0.2, 0.25) is 10.2 Å². The largest absolute Gasteiger partial charge is 0.390 e. The van der Waals surface area contributed by atoms with Crippen molar-refractivity contribution in [1.29, 1.82) is 0 Å². The van der Waals surface area contributed by atoms with E-state index in [9.17, 15) is 10.2 Å². The topological polar surface area (TPSA) is 102 Å². The summed E-state index contributed by atoms with van der Waals surface area (Å²) in [5.74, 6) is 0. The Morgan fingerprint density at radius 3 is 2.76 bits per heavy atom.